The van der Waals surface area contributed by atoms with E-state index < -0.39 is 0 Å². The molecule has 134 valence electrons. The van der Waals surface area contributed by atoms with Crippen molar-refractivity contribution in [3.8, 4) is 5.75 Å². The fourth-order valence-electron chi connectivity index (χ4n) is 2.76. The maximum Gasteiger partial charge on any atom is 0.315 e. The number of urea groups is 1. The molecule has 0 radical (unpaired) electrons. The predicted molar refractivity (Wildman–Crippen MR) is 96.5 cm³/mol. The van der Waals surface area contributed by atoms with E-state index in [1.165, 1.54) is 6.42 Å². The molecule has 2 N–H and O–H groups in total. The van der Waals surface area contributed by atoms with Crippen LogP contribution in [-0.2, 0) is 13.1 Å². The Balaban J connectivity index is 1.38. The highest BCUT2D eigenvalue weighted by molar-refractivity contribution is 5.73. The van der Waals surface area contributed by atoms with Gasteiger partial charge in [0, 0.05) is 37.6 Å². The average molecular weight is 342 g/mol. The van der Waals surface area contributed by atoms with Crippen LogP contribution < -0.4 is 15.4 Å². The monoisotopic (exact) mass is 342 g/mol. The molecule has 6 nitrogen and oxygen atoms in total. The van der Waals surface area contributed by atoms with Gasteiger partial charge in [-0.2, -0.15) is 0 Å². The molecule has 1 aliphatic rings. The number of aromatic nitrogens is 2. The second kappa shape index (κ2) is 8.55. The van der Waals surface area contributed by atoms with Gasteiger partial charge in [0.15, 0.2) is 0 Å². The molecular formula is C19H26N4O2. The van der Waals surface area contributed by atoms with Crippen LogP contribution in [0, 0.1) is 6.92 Å². The number of rotatable bonds is 8. The first-order valence-electron chi connectivity index (χ1n) is 8.96. The Morgan fingerprint density at radius 1 is 1.32 bits per heavy atom. The van der Waals surface area contributed by atoms with Crippen molar-refractivity contribution in [1.82, 2.24) is 20.2 Å². The highest BCUT2D eigenvalue weighted by atomic mass is 16.5. The minimum atomic E-state index is -0.152. The molecule has 1 aromatic heterocycles. The van der Waals surface area contributed by atoms with Crippen LogP contribution in [0.15, 0.2) is 36.7 Å². The number of carbonyl (C=O) groups is 1. The van der Waals surface area contributed by atoms with Gasteiger partial charge in [0.05, 0.1) is 6.10 Å². The average Bonchev–Trinajstić information content (AvgIpc) is 2.99. The molecule has 1 aromatic carbocycles. The van der Waals surface area contributed by atoms with Crippen molar-refractivity contribution in [1.29, 1.82) is 0 Å². The van der Waals surface area contributed by atoms with Crippen LogP contribution in [-0.4, -0.2) is 28.2 Å². The lowest BCUT2D eigenvalue weighted by atomic mass is 9.96. The third kappa shape index (κ3) is 4.98. The lowest BCUT2D eigenvalue weighted by Gasteiger charge is -2.27. The zero-order chi connectivity index (χ0) is 17.5. The first-order chi connectivity index (χ1) is 12.2. The van der Waals surface area contributed by atoms with Crippen LogP contribution in [0.4, 0.5) is 4.79 Å². The lowest BCUT2D eigenvalue weighted by molar-refractivity contribution is 0.119. The summed E-state index contributed by atoms with van der Waals surface area (Å²) in [5, 5.41) is 5.80. The Kier molecular flexibility index (Phi) is 5.93. The molecule has 3 rings (SSSR count). The molecule has 2 aromatic rings. The van der Waals surface area contributed by atoms with E-state index in [-0.39, 0.29) is 6.03 Å². The third-order valence-corrected chi connectivity index (χ3v) is 4.54. The normalized spacial score (nSPS) is 14.0. The molecule has 0 bridgehead atoms. The van der Waals surface area contributed by atoms with Crippen molar-refractivity contribution in [3.63, 3.8) is 0 Å². The van der Waals surface area contributed by atoms with Gasteiger partial charge in [-0.25, -0.2) is 9.78 Å². The number of imidazole rings is 1. The largest absolute Gasteiger partial charge is 0.490 e. The number of amides is 2. The lowest BCUT2D eigenvalue weighted by Crippen LogP contribution is -2.36. The van der Waals surface area contributed by atoms with E-state index in [9.17, 15) is 4.79 Å². The minimum Gasteiger partial charge on any atom is -0.490 e. The van der Waals surface area contributed by atoms with Gasteiger partial charge in [0.2, 0.25) is 0 Å². The summed E-state index contributed by atoms with van der Waals surface area (Å²) in [6, 6.07) is 7.75. The van der Waals surface area contributed by atoms with Crippen molar-refractivity contribution >= 4 is 6.03 Å². The standard InChI is InChI=1S/C19H26N4O2/c1-15-20-11-13-23(15)12-5-10-21-19(24)22-14-16-6-2-3-9-18(16)25-17-7-4-8-17/h2-3,6,9,11,13,17H,4-5,7-8,10,12,14H2,1H3,(H2,21,22,24). The SMILES string of the molecule is Cc1nccn1CCCNC(=O)NCc1ccccc1OC1CCC1. The van der Waals surface area contributed by atoms with Crippen LogP contribution in [0.5, 0.6) is 5.75 Å². The van der Waals surface area contributed by atoms with Gasteiger partial charge in [0.1, 0.15) is 11.6 Å². The quantitative estimate of drug-likeness (QED) is 0.725. The molecule has 0 aliphatic heterocycles. The Morgan fingerprint density at radius 2 is 2.16 bits per heavy atom. The molecule has 1 heterocycles. The summed E-state index contributed by atoms with van der Waals surface area (Å²) in [5.74, 6) is 1.87. The number of benzene rings is 1. The predicted octanol–water partition coefficient (Wildman–Crippen LogP) is 3.01. The van der Waals surface area contributed by atoms with Crippen molar-refractivity contribution in [2.45, 2.75) is 51.8 Å². The molecule has 6 heteroatoms. The molecule has 2 amide bonds. The second-order valence-electron chi connectivity index (χ2n) is 6.41. The van der Waals surface area contributed by atoms with E-state index in [1.54, 1.807) is 6.20 Å². The molecule has 0 unspecified atom stereocenters. The van der Waals surface area contributed by atoms with Gasteiger partial charge in [-0.05, 0) is 38.7 Å². The maximum atomic E-state index is 12.0. The van der Waals surface area contributed by atoms with Crippen LogP contribution in [0.25, 0.3) is 0 Å². The van der Waals surface area contributed by atoms with E-state index in [0.29, 0.717) is 19.2 Å². The van der Waals surface area contributed by atoms with Gasteiger partial charge in [-0.15, -0.1) is 0 Å². The van der Waals surface area contributed by atoms with E-state index in [4.69, 9.17) is 4.74 Å². The summed E-state index contributed by atoms with van der Waals surface area (Å²) in [6.45, 7) is 3.92. The smallest absolute Gasteiger partial charge is 0.315 e. The number of nitrogens with zero attached hydrogens (tertiary/aromatic N) is 2. The number of para-hydroxylation sites is 1. The molecule has 25 heavy (non-hydrogen) atoms. The molecule has 1 saturated carbocycles. The second-order valence-corrected chi connectivity index (χ2v) is 6.41. The number of aryl methyl sites for hydroxylation is 2. The Labute approximate surface area is 148 Å². The number of hydrogen-bond donors (Lipinski definition) is 2. The van der Waals surface area contributed by atoms with Gasteiger partial charge in [-0.3, -0.25) is 0 Å². The molecule has 0 atom stereocenters. The van der Waals surface area contributed by atoms with Crippen LogP contribution in [0.1, 0.15) is 37.1 Å². The summed E-state index contributed by atoms with van der Waals surface area (Å²) in [6.07, 6.45) is 8.43. The third-order valence-electron chi connectivity index (χ3n) is 4.54. The van der Waals surface area contributed by atoms with Crippen molar-refractivity contribution in [2.75, 3.05) is 6.54 Å². The van der Waals surface area contributed by atoms with Gasteiger partial charge >= 0.3 is 6.03 Å². The first-order valence-corrected chi connectivity index (χ1v) is 8.96. The number of nitrogens with one attached hydrogen (secondary N) is 2. The molecular weight excluding hydrogens is 316 g/mol. The number of carbonyl (C=O) groups excluding carboxylic acids is 1. The van der Waals surface area contributed by atoms with Crippen molar-refractivity contribution in [2.24, 2.45) is 0 Å². The highest BCUT2D eigenvalue weighted by Gasteiger charge is 2.20. The Morgan fingerprint density at radius 3 is 2.88 bits per heavy atom. The fraction of sp³-hybridized carbons (Fsp3) is 0.474. The van der Waals surface area contributed by atoms with Crippen LogP contribution in [0.3, 0.4) is 0 Å². The van der Waals surface area contributed by atoms with Gasteiger partial charge in [0.25, 0.3) is 0 Å². The zero-order valence-electron chi connectivity index (χ0n) is 14.7. The zero-order valence-corrected chi connectivity index (χ0v) is 14.7. The van der Waals surface area contributed by atoms with E-state index in [2.05, 4.69) is 20.2 Å². The Bertz CT molecular complexity index is 694. The topological polar surface area (TPSA) is 68.2 Å². The summed E-state index contributed by atoms with van der Waals surface area (Å²) < 4.78 is 8.06. The summed E-state index contributed by atoms with van der Waals surface area (Å²) in [4.78, 5) is 16.1. The summed E-state index contributed by atoms with van der Waals surface area (Å²) in [5.41, 5.74) is 1.01. The van der Waals surface area contributed by atoms with Gasteiger partial charge in [-0.1, -0.05) is 18.2 Å². The number of ether oxygens (including phenoxy) is 1. The van der Waals surface area contributed by atoms with Gasteiger partial charge < -0.3 is 19.9 Å². The Hall–Kier alpha value is -2.50. The first kappa shape index (κ1) is 17.3. The number of hydrogen-bond acceptors (Lipinski definition) is 3. The van der Waals surface area contributed by atoms with Crippen molar-refractivity contribution < 1.29 is 9.53 Å². The fourth-order valence-corrected chi connectivity index (χ4v) is 2.76. The molecule has 1 aliphatic carbocycles. The molecule has 1 fully saturated rings. The van der Waals surface area contributed by atoms with Crippen LogP contribution >= 0.6 is 0 Å². The highest BCUT2D eigenvalue weighted by Crippen LogP contribution is 2.27. The maximum absolute atomic E-state index is 12.0. The van der Waals surface area contributed by atoms with E-state index in [0.717, 1.165) is 42.9 Å². The van der Waals surface area contributed by atoms with Crippen molar-refractivity contribution in [3.05, 3.63) is 48.0 Å². The minimum absolute atomic E-state index is 0.152. The molecule has 0 spiro atoms. The molecule has 0 saturated heterocycles. The van der Waals surface area contributed by atoms with Crippen LogP contribution in [0.2, 0.25) is 0 Å². The van der Waals surface area contributed by atoms with E-state index in [1.807, 2.05) is 37.4 Å². The summed E-state index contributed by atoms with van der Waals surface area (Å²) in [7, 11) is 0. The van der Waals surface area contributed by atoms with E-state index >= 15 is 0 Å². The summed E-state index contributed by atoms with van der Waals surface area (Å²) >= 11 is 0.